The van der Waals surface area contributed by atoms with Gasteiger partial charge in [-0.05, 0) is 79.3 Å². The molecule has 0 heterocycles. The Bertz CT molecular complexity index is 5370. The minimum absolute atomic E-state index is 0.203. The number of halogens is 36. The summed E-state index contributed by atoms with van der Waals surface area (Å²) in [5.41, 5.74) is -40.1. The van der Waals surface area contributed by atoms with Crippen molar-refractivity contribution in [2.45, 2.75) is 109 Å². The second-order valence-electron chi connectivity index (χ2n) is 28.5. The molecule has 10 aromatic carbocycles. The van der Waals surface area contributed by atoms with Gasteiger partial charge in [0.15, 0.2) is 192 Å². The fraction of sp³-hybridized carbons (Fsp3) is 0.259. The first-order valence-corrected chi connectivity index (χ1v) is 36.0. The Morgan fingerprint density at radius 3 is 0.867 bits per heavy atom. The van der Waals surface area contributed by atoms with Crippen molar-refractivity contribution in [1.29, 1.82) is 0 Å². The van der Waals surface area contributed by atoms with Crippen molar-refractivity contribution >= 4 is 17.5 Å². The van der Waals surface area contributed by atoms with E-state index >= 15 is 123 Å². The Hall–Kier alpha value is -10.5. The van der Waals surface area contributed by atoms with Crippen molar-refractivity contribution in [1.82, 2.24) is 0 Å². The number of benzene rings is 10. The number of hydrogen-bond acceptors (Lipinski definition) is 1. The van der Waals surface area contributed by atoms with Gasteiger partial charge in [0.25, 0.3) is 0 Å². The molecule has 0 saturated carbocycles. The van der Waals surface area contributed by atoms with Crippen LogP contribution in [0, 0.1) is 192 Å². The number of nitrogens with one attached hydrogen (secondary N) is 1. The molecule has 0 amide bonds. The van der Waals surface area contributed by atoms with Crippen molar-refractivity contribution < 1.29 is 163 Å². The number of fused-ring (bicyclic) bond motifs is 12. The highest BCUT2D eigenvalue weighted by molar-refractivity contribution is 6.88. The molecule has 2 nitrogen and oxygen atoms in total. The number of alkyl halides is 3. The number of quaternary nitrogens is 1. The third kappa shape index (κ3) is 13.5. The predicted molar refractivity (Wildman–Crippen MR) is 359 cm³/mol. The Morgan fingerprint density at radius 2 is 0.583 bits per heavy atom. The molecule has 0 radical (unpaired) electrons. The summed E-state index contributed by atoms with van der Waals surface area (Å²) in [6, 6.07) is 1.80. The van der Waals surface area contributed by atoms with E-state index in [2.05, 4.69) is 13.8 Å². The van der Waals surface area contributed by atoms with Crippen molar-refractivity contribution in [2.24, 2.45) is 0 Å². The maximum absolute atomic E-state index is 17.7. The number of anilines is 1. The Morgan fingerprint density at radius 1 is 0.292 bits per heavy atom. The molecular formula is C81H49BF36N2. The molecule has 0 bridgehead atoms. The molecule has 638 valence electrons. The third-order valence-electron chi connectivity index (χ3n) is 22.3. The van der Waals surface area contributed by atoms with Gasteiger partial charge in [-0.2, -0.15) is 13.2 Å². The van der Waals surface area contributed by atoms with E-state index in [1.807, 2.05) is 6.92 Å². The van der Waals surface area contributed by atoms with Crippen LogP contribution in [-0.4, -0.2) is 32.3 Å². The van der Waals surface area contributed by atoms with Gasteiger partial charge in [0.1, 0.15) is 11.4 Å². The predicted octanol–water partition coefficient (Wildman–Crippen LogP) is 25.3. The molecule has 39 heteroatoms. The summed E-state index contributed by atoms with van der Waals surface area (Å²) in [4.78, 5) is 2.38. The smallest absolute Gasteiger partial charge is 0.369 e. The van der Waals surface area contributed by atoms with E-state index in [4.69, 9.17) is 0 Å². The summed E-state index contributed by atoms with van der Waals surface area (Å²) in [6.07, 6.45) is -3.90. The van der Waals surface area contributed by atoms with E-state index < -0.39 is 352 Å². The van der Waals surface area contributed by atoms with Gasteiger partial charge >= 0.3 is 6.18 Å². The molecule has 5 atom stereocenters. The van der Waals surface area contributed by atoms with Crippen molar-refractivity contribution in [2.75, 3.05) is 31.1 Å². The number of rotatable bonds is 18. The van der Waals surface area contributed by atoms with Crippen LogP contribution in [0.15, 0.2) is 48.5 Å². The van der Waals surface area contributed by atoms with Gasteiger partial charge in [-0.1, -0.05) is 74.6 Å². The summed E-state index contributed by atoms with van der Waals surface area (Å²) >= 11 is 0. The maximum atomic E-state index is 17.7. The molecule has 0 spiro atoms. The lowest BCUT2D eigenvalue weighted by molar-refractivity contribution is -0.831. The average molecular weight is 1750 g/mol. The monoisotopic (exact) mass is 1740 g/mol. The van der Waals surface area contributed by atoms with Gasteiger partial charge in [-0.15, -0.1) is 23.3 Å². The molecular weight excluding hydrogens is 1700 g/mol. The van der Waals surface area contributed by atoms with Crippen LogP contribution in [0.4, 0.5) is 169 Å². The number of hydrogen-bond donors (Lipinski definition) is 1. The molecule has 0 saturated heterocycles. The maximum Gasteiger partial charge on any atom is 0.422 e. The highest BCUT2D eigenvalue weighted by Gasteiger charge is 2.66. The van der Waals surface area contributed by atoms with Gasteiger partial charge < -0.3 is 9.80 Å². The van der Waals surface area contributed by atoms with Crippen LogP contribution in [0.1, 0.15) is 152 Å². The van der Waals surface area contributed by atoms with Crippen LogP contribution in [0.5, 0.6) is 0 Å². The standard InChI is InChI=1S/C52H8BF28.C18H25F6N.C11H15F2N/c54-9-1-5-13(33(62)29(9)58)17-21(41(70)49(78)45(74)37(17)66)25(5)53(26-6-2-10(55)30(59)34(63)14(6)18-22(26)42(71)50(79)46(75)38(18)67,27-7-3-11(56)31(60)35(64)15(7)19-23(27)43(72)51(80)47(76)39(19)68)28-8-4-12(57)32(61)36(65)16(8)20-24(28)44(73)52(81)48(77)40(20)69;1-3-5-6-7-8-9-10-11-25(4-2)14-12-13(19)16(20)15(17(14)21)18(22,23)24;1-3-7-14(4-2)11-6-5-9(12)8-10(11)13/h1-4,25-28H;12H,3-11H2,1-2H3;5-6,8H,3-4,7H2,1-2H3/q-1;;/p+1. The number of unbranched alkanes of at least 4 members (excludes halogenated alkanes) is 6. The van der Waals surface area contributed by atoms with E-state index in [1.165, 1.54) is 23.5 Å². The van der Waals surface area contributed by atoms with Crippen molar-refractivity contribution in [3.05, 3.63) is 291 Å². The molecule has 0 fully saturated rings. The van der Waals surface area contributed by atoms with Gasteiger partial charge in [0.05, 0.1) is 24.9 Å². The van der Waals surface area contributed by atoms with Crippen LogP contribution in [0.3, 0.4) is 0 Å². The van der Waals surface area contributed by atoms with Gasteiger partial charge in [-0.3, -0.25) is 0 Å². The molecule has 14 rings (SSSR count). The second kappa shape index (κ2) is 32.8. The quantitative estimate of drug-likeness (QED) is 0.0296. The highest BCUT2D eigenvalue weighted by Crippen LogP contribution is 2.74. The molecule has 5 unspecified atom stereocenters. The van der Waals surface area contributed by atoms with Crippen LogP contribution in [0.25, 0.3) is 44.5 Å². The van der Waals surface area contributed by atoms with Crippen LogP contribution >= 0.6 is 0 Å². The van der Waals surface area contributed by atoms with E-state index in [-0.39, 0.29) is 6.54 Å². The van der Waals surface area contributed by atoms with E-state index in [1.54, 1.807) is 6.92 Å². The first-order chi connectivity index (χ1) is 56.3. The summed E-state index contributed by atoms with van der Waals surface area (Å²) < 4.78 is 567. The van der Waals surface area contributed by atoms with Gasteiger partial charge in [-0.25, -0.2) is 145 Å². The lowest BCUT2D eigenvalue weighted by Crippen LogP contribution is -3.07. The molecule has 4 aliphatic carbocycles. The first-order valence-electron chi connectivity index (χ1n) is 36.0. The fourth-order valence-electron chi connectivity index (χ4n) is 17.7. The molecule has 10 aromatic rings. The second-order valence-corrected chi connectivity index (χ2v) is 28.5. The van der Waals surface area contributed by atoms with Crippen LogP contribution in [-0.2, 0) is 6.18 Å². The van der Waals surface area contributed by atoms with E-state index in [0.29, 0.717) is 24.7 Å². The molecule has 1 N–H and O–H groups in total. The summed E-state index contributed by atoms with van der Waals surface area (Å²) in [7, 11) is 0. The lowest BCUT2D eigenvalue weighted by Gasteiger charge is -2.60. The zero-order valence-corrected chi connectivity index (χ0v) is 61.0. The third-order valence-corrected chi connectivity index (χ3v) is 22.3. The normalized spacial score (nSPS) is 15.9. The van der Waals surface area contributed by atoms with E-state index in [0.717, 1.165) is 62.6 Å². The number of nitrogens with zero attached hydrogens (tertiary/aromatic N) is 1. The lowest BCUT2D eigenvalue weighted by atomic mass is 9.01. The molecule has 0 aliphatic heterocycles. The topological polar surface area (TPSA) is 7.68 Å². The van der Waals surface area contributed by atoms with Crippen molar-refractivity contribution in [3.63, 3.8) is 0 Å². The average Bonchev–Trinajstić information content (AvgIpc) is 1.47. The van der Waals surface area contributed by atoms with Crippen LogP contribution < -0.4 is 9.80 Å². The fourth-order valence-corrected chi connectivity index (χ4v) is 17.7. The summed E-state index contributed by atoms with van der Waals surface area (Å²) in [6.45, 7) is 9.99. The Kier molecular flexibility index (Phi) is 24.3. The molecule has 120 heavy (non-hydrogen) atoms. The largest absolute Gasteiger partial charge is 0.422 e. The molecule has 4 aliphatic rings. The first kappa shape index (κ1) is 88.8. The Labute approximate surface area is 653 Å². The SMILES string of the molecule is CCCCCCCCCN(CC)c1cc(F)c(F)c(C(F)(F)F)c1F.CCC[NH+](CC)c1ccc(F)cc1F.Fc1cc2c(c(F)c1F)-c1c(F)c(F)c(F)c(F)c1C2[B-](C1c2cc(F)c(F)c(F)c2-c2c(F)c(F)c(F)c(F)c21)(C1c2cc(F)c(F)c(F)c2-c2c(F)c(F)c(F)c(F)c21)C1c2cc(F)c(F)c(F)c2-c2c(F)c(F)c(F)c(F)c21. The van der Waals surface area contributed by atoms with Crippen molar-refractivity contribution in [3.8, 4) is 44.5 Å². The minimum Gasteiger partial charge on any atom is -0.369 e. The Balaban J connectivity index is 0.000000278. The zero-order chi connectivity index (χ0) is 88.6. The van der Waals surface area contributed by atoms with Gasteiger partial charge in [0.2, 0.25) is 0 Å². The van der Waals surface area contributed by atoms with Gasteiger partial charge in [0, 0.05) is 75.8 Å². The summed E-state index contributed by atoms with van der Waals surface area (Å²) in [5, 5.41) is 0. The van der Waals surface area contributed by atoms with E-state index in [9.17, 15) is 35.1 Å². The molecule has 0 aromatic heterocycles. The zero-order valence-electron chi connectivity index (χ0n) is 61.0. The minimum atomic E-state index is -6.62. The highest BCUT2D eigenvalue weighted by atomic mass is 19.4. The van der Waals surface area contributed by atoms with Crippen LogP contribution in [0.2, 0.25) is 0 Å². The summed E-state index contributed by atoms with van der Waals surface area (Å²) in [5.74, 6) is -110.